The fourth-order valence-corrected chi connectivity index (χ4v) is 3.15. The second-order valence-corrected chi connectivity index (χ2v) is 7.17. The lowest BCUT2D eigenvalue weighted by Crippen LogP contribution is -2.04. The second-order valence-electron chi connectivity index (χ2n) is 4.87. The van der Waals surface area contributed by atoms with E-state index in [-0.39, 0.29) is 10.6 Å². The third kappa shape index (κ3) is 3.31. The van der Waals surface area contributed by atoms with Crippen LogP contribution in [0.2, 0.25) is 0 Å². The Balaban J connectivity index is 2.01. The molecule has 0 unspecified atom stereocenters. The third-order valence-electron chi connectivity index (χ3n) is 3.24. The van der Waals surface area contributed by atoms with Gasteiger partial charge in [-0.1, -0.05) is 6.07 Å². The van der Waals surface area contributed by atoms with E-state index in [0.29, 0.717) is 23.1 Å². The average molecular weight is 395 g/mol. The first kappa shape index (κ1) is 15.8. The largest absolute Gasteiger partial charge is 0.398 e. The number of rotatable bonds is 3. The lowest BCUT2D eigenvalue weighted by Gasteiger charge is -2.07. The maximum absolute atomic E-state index is 11.2. The van der Waals surface area contributed by atoms with Crippen LogP contribution in [0.4, 0.5) is 5.69 Å². The van der Waals surface area contributed by atoms with Crippen molar-refractivity contribution < 1.29 is 13.0 Å². The summed E-state index contributed by atoms with van der Waals surface area (Å²) >= 11 is 3.34. The minimum atomic E-state index is -4.33. The molecule has 0 saturated heterocycles. The third-order valence-corrected chi connectivity index (χ3v) is 4.60. The number of benzene rings is 1. The number of anilines is 1. The molecule has 0 aliphatic rings. The Bertz CT molecular complexity index is 1010. The minimum absolute atomic E-state index is 0.0148. The number of hydrogen-bond acceptors (Lipinski definition) is 6. The van der Waals surface area contributed by atoms with Gasteiger partial charge in [-0.3, -0.25) is 9.54 Å². The van der Waals surface area contributed by atoms with Crippen LogP contribution in [0.1, 0.15) is 11.3 Å². The van der Waals surface area contributed by atoms with E-state index in [1.807, 2.05) is 6.07 Å². The van der Waals surface area contributed by atoms with Crippen molar-refractivity contribution in [3.8, 4) is 0 Å². The van der Waals surface area contributed by atoms with Crippen molar-refractivity contribution in [1.82, 2.24) is 15.0 Å². The van der Waals surface area contributed by atoms with Gasteiger partial charge in [0.05, 0.1) is 16.9 Å². The maximum Gasteiger partial charge on any atom is 0.296 e. The number of pyridine rings is 1. The van der Waals surface area contributed by atoms with E-state index in [1.165, 1.54) is 18.5 Å². The van der Waals surface area contributed by atoms with E-state index in [0.717, 1.165) is 10.0 Å². The molecule has 0 bridgehead atoms. The summed E-state index contributed by atoms with van der Waals surface area (Å²) in [5, 5.41) is 0. The van der Waals surface area contributed by atoms with E-state index in [4.69, 9.17) is 10.3 Å². The highest BCUT2D eigenvalue weighted by molar-refractivity contribution is 9.10. The van der Waals surface area contributed by atoms with Crippen LogP contribution in [-0.4, -0.2) is 27.9 Å². The summed E-state index contributed by atoms with van der Waals surface area (Å²) in [6.45, 7) is 0. The summed E-state index contributed by atoms with van der Waals surface area (Å²) < 4.78 is 32.2. The van der Waals surface area contributed by atoms with Gasteiger partial charge in [-0.15, -0.1) is 0 Å². The standard InChI is InChI=1S/C14H11BrN4O3S/c15-9-5-12-14(17-6-9)11(18-7-19-12)4-8-1-2-13(10(16)3-8)23(20,21)22/h1-3,5-7H,4,16H2,(H,20,21,22). The fraction of sp³-hybridized carbons (Fsp3) is 0.0714. The van der Waals surface area contributed by atoms with Crippen LogP contribution >= 0.6 is 15.9 Å². The predicted molar refractivity (Wildman–Crippen MR) is 88.5 cm³/mol. The van der Waals surface area contributed by atoms with Crippen LogP contribution in [0.3, 0.4) is 0 Å². The maximum atomic E-state index is 11.2. The summed E-state index contributed by atoms with van der Waals surface area (Å²) in [5.41, 5.74) is 8.49. The molecule has 9 heteroatoms. The van der Waals surface area contributed by atoms with Crippen LogP contribution in [0.25, 0.3) is 11.0 Å². The summed E-state index contributed by atoms with van der Waals surface area (Å²) in [6.07, 6.45) is 3.51. The number of hydrogen-bond donors (Lipinski definition) is 2. The SMILES string of the molecule is Nc1cc(Cc2ncnc3cc(Br)cnc23)ccc1S(=O)(=O)O. The first-order valence-corrected chi connectivity index (χ1v) is 8.69. The van der Waals surface area contributed by atoms with Gasteiger partial charge in [-0.05, 0) is 39.7 Å². The lowest BCUT2D eigenvalue weighted by molar-refractivity contribution is 0.483. The van der Waals surface area contributed by atoms with Crippen molar-refractivity contribution in [1.29, 1.82) is 0 Å². The lowest BCUT2D eigenvalue weighted by atomic mass is 10.1. The summed E-state index contributed by atoms with van der Waals surface area (Å²) in [5.74, 6) is 0. The second kappa shape index (κ2) is 5.84. The molecule has 0 atom stereocenters. The van der Waals surface area contributed by atoms with Gasteiger partial charge in [0.25, 0.3) is 10.1 Å². The highest BCUT2D eigenvalue weighted by Crippen LogP contribution is 2.23. The zero-order valence-corrected chi connectivity index (χ0v) is 14.0. The van der Waals surface area contributed by atoms with Gasteiger partial charge in [0.1, 0.15) is 16.7 Å². The van der Waals surface area contributed by atoms with Gasteiger partial charge in [0.2, 0.25) is 0 Å². The van der Waals surface area contributed by atoms with Gasteiger partial charge < -0.3 is 5.73 Å². The molecular weight excluding hydrogens is 384 g/mol. The van der Waals surface area contributed by atoms with Crippen LogP contribution in [0.5, 0.6) is 0 Å². The fourth-order valence-electron chi connectivity index (χ4n) is 2.24. The zero-order valence-electron chi connectivity index (χ0n) is 11.6. The van der Waals surface area contributed by atoms with Crippen LogP contribution in [-0.2, 0) is 16.5 Å². The Hall–Kier alpha value is -2.10. The molecule has 0 aliphatic heterocycles. The smallest absolute Gasteiger partial charge is 0.296 e. The highest BCUT2D eigenvalue weighted by Gasteiger charge is 2.15. The molecule has 3 aromatic rings. The summed E-state index contributed by atoms with van der Waals surface area (Å²) in [4.78, 5) is 12.4. The van der Waals surface area contributed by atoms with Gasteiger partial charge in [-0.25, -0.2) is 9.97 Å². The predicted octanol–water partition coefficient (Wildman–Crippen LogP) is 2.21. The number of fused-ring (bicyclic) bond motifs is 1. The molecule has 0 fully saturated rings. The molecule has 7 nitrogen and oxygen atoms in total. The number of nitrogens with zero attached hydrogens (tertiary/aromatic N) is 3. The first-order chi connectivity index (χ1) is 10.8. The van der Waals surface area contributed by atoms with Gasteiger partial charge >= 0.3 is 0 Å². The van der Waals surface area contributed by atoms with Crippen molar-refractivity contribution >= 4 is 42.8 Å². The van der Waals surface area contributed by atoms with E-state index < -0.39 is 10.1 Å². The van der Waals surface area contributed by atoms with Gasteiger partial charge in [0.15, 0.2) is 0 Å². The zero-order chi connectivity index (χ0) is 16.6. The number of aromatic nitrogens is 3. The monoisotopic (exact) mass is 394 g/mol. The number of nitrogen functional groups attached to an aromatic ring is 1. The first-order valence-electron chi connectivity index (χ1n) is 6.45. The van der Waals surface area contributed by atoms with Crippen LogP contribution < -0.4 is 5.73 Å². The van der Waals surface area contributed by atoms with E-state index in [2.05, 4.69) is 30.9 Å². The minimum Gasteiger partial charge on any atom is -0.398 e. The van der Waals surface area contributed by atoms with Gasteiger partial charge in [-0.2, -0.15) is 8.42 Å². The highest BCUT2D eigenvalue weighted by atomic mass is 79.9. The topological polar surface area (TPSA) is 119 Å². The molecule has 3 N–H and O–H groups in total. The quantitative estimate of drug-likeness (QED) is 0.515. The van der Waals surface area contributed by atoms with Crippen molar-refractivity contribution in [3.05, 3.63) is 52.5 Å². The van der Waals surface area contributed by atoms with Crippen LogP contribution in [0.15, 0.2) is 46.2 Å². The molecule has 0 aliphatic carbocycles. The molecular formula is C14H11BrN4O3S. The molecule has 118 valence electrons. The van der Waals surface area contributed by atoms with Gasteiger partial charge in [0, 0.05) is 17.1 Å². The Kier molecular flexibility index (Phi) is 4.00. The summed E-state index contributed by atoms with van der Waals surface area (Å²) in [6, 6.07) is 6.18. The Morgan fingerprint density at radius 3 is 2.65 bits per heavy atom. The molecule has 2 heterocycles. The number of halogens is 1. The Morgan fingerprint density at radius 2 is 1.96 bits per heavy atom. The van der Waals surface area contributed by atoms with E-state index in [1.54, 1.807) is 12.3 Å². The number of nitrogens with two attached hydrogens (primary N) is 1. The summed E-state index contributed by atoms with van der Waals surface area (Å²) in [7, 11) is -4.33. The van der Waals surface area contributed by atoms with Crippen molar-refractivity contribution in [2.45, 2.75) is 11.3 Å². The average Bonchev–Trinajstić information content (AvgIpc) is 2.46. The Morgan fingerprint density at radius 1 is 1.17 bits per heavy atom. The van der Waals surface area contributed by atoms with Crippen LogP contribution in [0, 0.1) is 0 Å². The molecule has 1 aromatic carbocycles. The van der Waals surface area contributed by atoms with Crippen molar-refractivity contribution in [2.75, 3.05) is 5.73 Å². The van der Waals surface area contributed by atoms with E-state index in [9.17, 15) is 8.42 Å². The molecule has 3 rings (SSSR count). The van der Waals surface area contributed by atoms with Crippen molar-refractivity contribution in [3.63, 3.8) is 0 Å². The van der Waals surface area contributed by atoms with Crippen molar-refractivity contribution in [2.24, 2.45) is 0 Å². The van der Waals surface area contributed by atoms with E-state index >= 15 is 0 Å². The Labute approximate surface area is 140 Å². The molecule has 2 aromatic heterocycles. The molecule has 0 radical (unpaired) electrons. The molecule has 0 amide bonds. The normalized spacial score (nSPS) is 11.7. The molecule has 23 heavy (non-hydrogen) atoms. The molecule has 0 spiro atoms. The molecule has 0 saturated carbocycles.